The lowest BCUT2D eigenvalue weighted by atomic mass is 9.94. The maximum Gasteiger partial charge on any atom is 0.164 e. The molecule has 3 aromatic heterocycles. The van der Waals surface area contributed by atoms with Crippen LogP contribution in [0.5, 0.6) is 0 Å². The summed E-state index contributed by atoms with van der Waals surface area (Å²) in [6, 6.07) is 56.2. The maximum atomic E-state index is 6.55. The van der Waals surface area contributed by atoms with E-state index in [1.807, 2.05) is 85.1 Å². The number of benzene rings is 7. The smallest absolute Gasteiger partial charge is 0.164 e. The number of furan rings is 1. The van der Waals surface area contributed by atoms with Gasteiger partial charge in [-0.1, -0.05) is 133 Å². The standard InChI is InChI=1S/C46H28N4O/c1-3-11-30(12-4-1)44-48-45(31-13-5-2-6-14-31)50-46(49-44)32-21-19-29(20-22-32)39-26-34(27-40-38-16-8-10-18-42(38)51-43(39)40)33-23-24-36-35(25-33)28-47-41-17-9-7-15-37(36)41/h1-28H. The minimum Gasteiger partial charge on any atom is -0.455 e. The van der Waals surface area contributed by atoms with E-state index in [9.17, 15) is 0 Å². The fraction of sp³-hybridized carbons (Fsp3) is 0. The van der Waals surface area contributed by atoms with E-state index in [1.54, 1.807) is 0 Å². The minimum atomic E-state index is 0.620. The lowest BCUT2D eigenvalue weighted by Crippen LogP contribution is -2.00. The average Bonchev–Trinajstić information content (AvgIpc) is 3.59. The first-order valence-electron chi connectivity index (χ1n) is 17.0. The highest BCUT2D eigenvalue weighted by molar-refractivity contribution is 6.12. The van der Waals surface area contributed by atoms with Gasteiger partial charge in [-0.15, -0.1) is 0 Å². The molecule has 238 valence electrons. The Kier molecular flexibility index (Phi) is 6.74. The average molecular weight is 653 g/mol. The molecule has 0 spiro atoms. The van der Waals surface area contributed by atoms with E-state index >= 15 is 0 Å². The highest BCUT2D eigenvalue weighted by atomic mass is 16.3. The summed E-state index contributed by atoms with van der Waals surface area (Å²) in [5.41, 5.74) is 9.81. The van der Waals surface area contributed by atoms with Gasteiger partial charge >= 0.3 is 0 Å². The van der Waals surface area contributed by atoms with Crippen molar-refractivity contribution in [3.8, 4) is 56.4 Å². The van der Waals surface area contributed by atoms with Crippen molar-refractivity contribution < 1.29 is 4.42 Å². The van der Waals surface area contributed by atoms with Gasteiger partial charge in [0, 0.05) is 50.0 Å². The van der Waals surface area contributed by atoms with Crippen LogP contribution < -0.4 is 0 Å². The van der Waals surface area contributed by atoms with E-state index in [0.717, 1.165) is 77.2 Å². The van der Waals surface area contributed by atoms with Crippen LogP contribution in [0.3, 0.4) is 0 Å². The Hall–Kier alpha value is -6.98. The number of hydrogen-bond donors (Lipinski definition) is 0. The van der Waals surface area contributed by atoms with Gasteiger partial charge < -0.3 is 4.42 Å². The van der Waals surface area contributed by atoms with Crippen molar-refractivity contribution in [1.82, 2.24) is 19.9 Å². The van der Waals surface area contributed by atoms with E-state index in [-0.39, 0.29) is 0 Å². The molecule has 0 unspecified atom stereocenters. The monoisotopic (exact) mass is 652 g/mol. The van der Waals surface area contributed by atoms with Crippen LogP contribution in [-0.4, -0.2) is 19.9 Å². The van der Waals surface area contributed by atoms with Crippen molar-refractivity contribution in [3.63, 3.8) is 0 Å². The Morgan fingerprint density at radius 3 is 1.65 bits per heavy atom. The Bertz CT molecular complexity index is 2840. The second kappa shape index (κ2) is 11.9. The Labute approximate surface area is 293 Å². The van der Waals surface area contributed by atoms with Gasteiger partial charge in [-0.25, -0.2) is 15.0 Å². The number of hydrogen-bond acceptors (Lipinski definition) is 5. The third-order valence-corrected chi connectivity index (χ3v) is 9.55. The number of para-hydroxylation sites is 2. The Balaban J connectivity index is 1.11. The Morgan fingerprint density at radius 1 is 0.373 bits per heavy atom. The van der Waals surface area contributed by atoms with E-state index in [2.05, 4.69) is 84.9 Å². The van der Waals surface area contributed by atoms with Crippen molar-refractivity contribution in [3.05, 3.63) is 170 Å². The van der Waals surface area contributed by atoms with Gasteiger partial charge in [-0.3, -0.25) is 4.98 Å². The summed E-state index contributed by atoms with van der Waals surface area (Å²) in [5, 5.41) is 5.63. The molecule has 0 amide bonds. The molecule has 0 atom stereocenters. The first-order chi connectivity index (χ1) is 25.2. The van der Waals surface area contributed by atoms with Gasteiger partial charge in [-0.2, -0.15) is 0 Å². The number of aromatic nitrogens is 4. The SMILES string of the molecule is c1ccc(-c2nc(-c3ccccc3)nc(-c3ccc(-c4cc(-c5ccc6c(cnc7ccccc76)c5)cc5c4oc4ccccc45)cc3)n2)cc1. The molecule has 0 aliphatic carbocycles. The zero-order valence-electron chi connectivity index (χ0n) is 27.4. The molecule has 5 heteroatoms. The molecule has 0 radical (unpaired) electrons. The van der Waals surface area contributed by atoms with Crippen LogP contribution in [0, 0.1) is 0 Å². The summed E-state index contributed by atoms with van der Waals surface area (Å²) in [6.45, 7) is 0. The third-order valence-electron chi connectivity index (χ3n) is 9.55. The van der Waals surface area contributed by atoms with Crippen LogP contribution >= 0.6 is 0 Å². The molecule has 5 nitrogen and oxygen atoms in total. The van der Waals surface area contributed by atoms with E-state index in [4.69, 9.17) is 24.4 Å². The summed E-state index contributed by atoms with van der Waals surface area (Å²) in [6.07, 6.45) is 1.97. The molecule has 0 fully saturated rings. The highest BCUT2D eigenvalue weighted by Crippen LogP contribution is 2.40. The van der Waals surface area contributed by atoms with Crippen LogP contribution in [0.15, 0.2) is 174 Å². The van der Waals surface area contributed by atoms with Crippen LogP contribution in [0.4, 0.5) is 0 Å². The summed E-state index contributed by atoms with van der Waals surface area (Å²) < 4.78 is 6.55. The molecule has 0 saturated carbocycles. The van der Waals surface area contributed by atoms with E-state index in [1.165, 1.54) is 5.39 Å². The van der Waals surface area contributed by atoms with Crippen molar-refractivity contribution in [2.45, 2.75) is 0 Å². The number of pyridine rings is 1. The van der Waals surface area contributed by atoms with Crippen molar-refractivity contribution in [1.29, 1.82) is 0 Å². The second-order valence-corrected chi connectivity index (χ2v) is 12.7. The summed E-state index contributed by atoms with van der Waals surface area (Å²) in [7, 11) is 0. The van der Waals surface area contributed by atoms with Crippen LogP contribution in [0.2, 0.25) is 0 Å². The fourth-order valence-electron chi connectivity index (χ4n) is 6.99. The van der Waals surface area contributed by atoms with Crippen LogP contribution in [0.1, 0.15) is 0 Å². The molecule has 10 aromatic rings. The summed E-state index contributed by atoms with van der Waals surface area (Å²) in [5.74, 6) is 1.90. The van der Waals surface area contributed by atoms with Crippen molar-refractivity contribution in [2.75, 3.05) is 0 Å². The van der Waals surface area contributed by atoms with Gasteiger partial charge in [0.1, 0.15) is 11.2 Å². The predicted octanol–water partition coefficient (Wildman–Crippen LogP) is 11.8. The molecule has 0 aliphatic heterocycles. The second-order valence-electron chi connectivity index (χ2n) is 12.7. The van der Waals surface area contributed by atoms with Gasteiger partial charge in [0.15, 0.2) is 17.5 Å². The number of fused-ring (bicyclic) bond motifs is 6. The molecule has 51 heavy (non-hydrogen) atoms. The maximum absolute atomic E-state index is 6.55. The molecule has 0 saturated heterocycles. The van der Waals surface area contributed by atoms with Crippen LogP contribution in [-0.2, 0) is 0 Å². The van der Waals surface area contributed by atoms with Gasteiger partial charge in [0.05, 0.1) is 5.52 Å². The number of nitrogens with zero attached hydrogens (tertiary/aromatic N) is 4. The first kappa shape index (κ1) is 29.0. The molecular weight excluding hydrogens is 625 g/mol. The molecule has 0 bridgehead atoms. The molecule has 7 aromatic carbocycles. The first-order valence-corrected chi connectivity index (χ1v) is 17.0. The normalized spacial score (nSPS) is 11.5. The van der Waals surface area contributed by atoms with E-state index in [0.29, 0.717) is 17.5 Å². The quantitative estimate of drug-likeness (QED) is 0.173. The molecule has 3 heterocycles. The highest BCUT2D eigenvalue weighted by Gasteiger charge is 2.17. The van der Waals surface area contributed by atoms with Crippen molar-refractivity contribution in [2.24, 2.45) is 0 Å². The molecule has 0 N–H and O–H groups in total. The molecule has 0 aliphatic rings. The van der Waals surface area contributed by atoms with Gasteiger partial charge in [0.2, 0.25) is 0 Å². The Morgan fingerprint density at radius 2 is 0.941 bits per heavy atom. The molecule has 10 rings (SSSR count). The zero-order valence-corrected chi connectivity index (χ0v) is 27.4. The van der Waals surface area contributed by atoms with Crippen molar-refractivity contribution >= 4 is 43.6 Å². The lowest BCUT2D eigenvalue weighted by Gasteiger charge is -2.11. The third kappa shape index (κ3) is 5.11. The summed E-state index contributed by atoms with van der Waals surface area (Å²) >= 11 is 0. The molecular formula is C46H28N4O. The van der Waals surface area contributed by atoms with Gasteiger partial charge in [0.25, 0.3) is 0 Å². The fourth-order valence-corrected chi connectivity index (χ4v) is 6.99. The topological polar surface area (TPSA) is 64.7 Å². The number of rotatable bonds is 5. The lowest BCUT2D eigenvalue weighted by molar-refractivity contribution is 0.670. The largest absolute Gasteiger partial charge is 0.455 e. The van der Waals surface area contributed by atoms with Gasteiger partial charge in [-0.05, 0) is 52.4 Å². The predicted molar refractivity (Wildman–Crippen MR) is 207 cm³/mol. The minimum absolute atomic E-state index is 0.620. The summed E-state index contributed by atoms with van der Waals surface area (Å²) in [4.78, 5) is 19.5. The zero-order chi connectivity index (χ0) is 33.7. The van der Waals surface area contributed by atoms with E-state index < -0.39 is 0 Å². The van der Waals surface area contributed by atoms with Crippen LogP contribution in [0.25, 0.3) is 100 Å².